The standard InChI is InChI=1S/C27H45F3N2O2Si/c1-18(2)35(19(3)4,20(5)6)33-17-27(29,30)34-25-14-13-21(15-22(25)28)32-16-26(7,8)31-23-11-9-10-12-24(23)32/h13-15,18-20,23-24,31H,9-12,16-17H2,1-8H3. The first kappa shape index (κ1) is 28.3. The number of rotatable bonds is 9. The minimum atomic E-state index is -3.62. The predicted octanol–water partition coefficient (Wildman–Crippen LogP) is 7.49. The van der Waals surface area contributed by atoms with E-state index in [2.05, 4.69) is 24.1 Å². The third-order valence-electron chi connectivity index (χ3n) is 7.98. The maximum Gasteiger partial charge on any atom is 0.420 e. The van der Waals surface area contributed by atoms with Gasteiger partial charge in [-0.2, -0.15) is 8.78 Å². The number of ether oxygens (including phenoxy) is 1. The Morgan fingerprint density at radius 2 is 1.66 bits per heavy atom. The minimum Gasteiger partial charge on any atom is -0.428 e. The first-order valence-electron chi connectivity index (χ1n) is 13.2. The van der Waals surface area contributed by atoms with Gasteiger partial charge < -0.3 is 19.4 Å². The van der Waals surface area contributed by atoms with E-state index in [0.717, 1.165) is 25.8 Å². The lowest BCUT2D eigenvalue weighted by molar-refractivity contribution is -0.199. The maximum absolute atomic E-state index is 15.1. The van der Waals surface area contributed by atoms with E-state index in [1.54, 1.807) is 6.07 Å². The number of anilines is 1. The summed E-state index contributed by atoms with van der Waals surface area (Å²) in [6.07, 6.45) is 0.837. The number of hydrogen-bond donors (Lipinski definition) is 1. The summed E-state index contributed by atoms with van der Waals surface area (Å²) in [5.41, 5.74) is 1.10. The monoisotopic (exact) mass is 514 g/mol. The topological polar surface area (TPSA) is 33.7 Å². The Morgan fingerprint density at radius 3 is 2.23 bits per heavy atom. The van der Waals surface area contributed by atoms with E-state index >= 15 is 4.39 Å². The number of alkyl halides is 2. The minimum absolute atomic E-state index is 0.117. The molecule has 0 aromatic heterocycles. The van der Waals surface area contributed by atoms with Crippen LogP contribution in [0.25, 0.3) is 0 Å². The van der Waals surface area contributed by atoms with Crippen molar-refractivity contribution < 1.29 is 22.3 Å². The SMILES string of the molecule is CC(C)[Si](OCC(F)(F)Oc1ccc(N2CC(C)(C)NC3CCCCC32)cc1F)(C(C)C)C(C)C. The van der Waals surface area contributed by atoms with Crippen LogP contribution >= 0.6 is 0 Å². The zero-order valence-corrected chi connectivity index (χ0v) is 23.8. The molecule has 1 saturated heterocycles. The second-order valence-electron chi connectivity index (χ2n) is 12.1. The Kier molecular flexibility index (Phi) is 8.59. The molecule has 4 nitrogen and oxygen atoms in total. The molecule has 0 amide bonds. The van der Waals surface area contributed by atoms with Gasteiger partial charge in [0.25, 0.3) is 0 Å². The van der Waals surface area contributed by atoms with Crippen molar-refractivity contribution in [3.8, 4) is 5.75 Å². The van der Waals surface area contributed by atoms with Crippen LogP contribution in [0, 0.1) is 5.82 Å². The number of benzene rings is 1. The van der Waals surface area contributed by atoms with E-state index in [0.29, 0.717) is 11.7 Å². The van der Waals surface area contributed by atoms with E-state index in [1.807, 2.05) is 41.5 Å². The highest BCUT2D eigenvalue weighted by molar-refractivity contribution is 6.77. The summed E-state index contributed by atoms with van der Waals surface area (Å²) in [5.74, 6) is -1.21. The van der Waals surface area contributed by atoms with Gasteiger partial charge in [-0.15, -0.1) is 0 Å². The molecular weight excluding hydrogens is 469 g/mol. The van der Waals surface area contributed by atoms with Gasteiger partial charge in [0, 0.05) is 35.9 Å². The molecule has 1 aliphatic carbocycles. The van der Waals surface area contributed by atoms with Crippen LogP contribution in [-0.4, -0.2) is 45.2 Å². The largest absolute Gasteiger partial charge is 0.428 e. The summed E-state index contributed by atoms with van der Waals surface area (Å²) >= 11 is 0. The molecule has 0 radical (unpaired) electrons. The Balaban J connectivity index is 1.76. The number of nitrogens with zero attached hydrogens (tertiary/aromatic N) is 1. The summed E-state index contributed by atoms with van der Waals surface area (Å²) < 4.78 is 55.8. The molecule has 1 aromatic carbocycles. The number of halogens is 3. The van der Waals surface area contributed by atoms with Gasteiger partial charge in [0.05, 0.1) is 0 Å². The molecule has 200 valence electrons. The average Bonchev–Trinajstić information content (AvgIpc) is 2.73. The van der Waals surface area contributed by atoms with Crippen molar-refractivity contribution in [1.82, 2.24) is 5.32 Å². The van der Waals surface area contributed by atoms with Crippen molar-refractivity contribution in [3.63, 3.8) is 0 Å². The quantitative estimate of drug-likeness (QED) is 0.346. The Bertz CT molecular complexity index is 841. The van der Waals surface area contributed by atoms with Crippen LogP contribution in [0.3, 0.4) is 0 Å². The van der Waals surface area contributed by atoms with E-state index in [4.69, 9.17) is 9.16 Å². The molecule has 35 heavy (non-hydrogen) atoms. The molecule has 0 bridgehead atoms. The van der Waals surface area contributed by atoms with E-state index in [1.165, 1.54) is 18.6 Å². The van der Waals surface area contributed by atoms with Crippen molar-refractivity contribution in [2.24, 2.45) is 0 Å². The highest BCUT2D eigenvalue weighted by Gasteiger charge is 2.48. The molecule has 3 rings (SSSR count). The van der Waals surface area contributed by atoms with Gasteiger partial charge in [-0.1, -0.05) is 54.4 Å². The summed E-state index contributed by atoms with van der Waals surface area (Å²) in [4.78, 5) is 2.24. The van der Waals surface area contributed by atoms with Crippen molar-refractivity contribution in [2.45, 2.75) is 121 Å². The first-order valence-corrected chi connectivity index (χ1v) is 15.4. The summed E-state index contributed by atoms with van der Waals surface area (Å²) in [5, 5.41) is 3.73. The smallest absolute Gasteiger partial charge is 0.420 e. The summed E-state index contributed by atoms with van der Waals surface area (Å²) in [6.45, 7) is 16.4. The molecule has 1 aromatic rings. The lowest BCUT2D eigenvalue weighted by atomic mass is 9.83. The van der Waals surface area contributed by atoms with Crippen LogP contribution < -0.4 is 15.0 Å². The first-order chi connectivity index (χ1) is 16.2. The third kappa shape index (κ3) is 6.19. The number of nitrogens with one attached hydrogen (secondary N) is 1. The fourth-order valence-electron chi connectivity index (χ4n) is 6.68. The molecule has 2 fully saturated rings. The van der Waals surface area contributed by atoms with Crippen LogP contribution in [0.4, 0.5) is 18.9 Å². The lowest BCUT2D eigenvalue weighted by Crippen LogP contribution is -2.67. The second-order valence-corrected chi connectivity index (χ2v) is 17.5. The van der Waals surface area contributed by atoms with Crippen molar-refractivity contribution >= 4 is 14.0 Å². The fraction of sp³-hybridized carbons (Fsp3) is 0.778. The number of piperazine rings is 1. The normalized spacial score (nSPS) is 23.2. The van der Waals surface area contributed by atoms with Gasteiger partial charge in [0.15, 0.2) is 11.6 Å². The van der Waals surface area contributed by atoms with Gasteiger partial charge in [-0.25, -0.2) is 4.39 Å². The van der Waals surface area contributed by atoms with E-state index < -0.39 is 32.6 Å². The number of hydrogen-bond acceptors (Lipinski definition) is 4. The van der Waals surface area contributed by atoms with Crippen molar-refractivity contribution in [3.05, 3.63) is 24.0 Å². The molecular formula is C27H45F3N2O2Si. The molecule has 2 atom stereocenters. The Morgan fingerprint density at radius 1 is 1.06 bits per heavy atom. The zero-order chi connectivity index (χ0) is 26.2. The van der Waals surface area contributed by atoms with Crippen LogP contribution in [-0.2, 0) is 4.43 Å². The van der Waals surface area contributed by atoms with Gasteiger partial charge in [-0.05, 0) is 55.4 Å². The fourth-order valence-corrected chi connectivity index (χ4v) is 12.1. The average molecular weight is 515 g/mol. The van der Waals surface area contributed by atoms with Crippen molar-refractivity contribution in [1.29, 1.82) is 0 Å². The summed E-state index contributed by atoms with van der Waals surface area (Å²) in [6, 6.07) is 5.01. The van der Waals surface area contributed by atoms with Crippen LogP contribution in [0.5, 0.6) is 5.75 Å². The zero-order valence-electron chi connectivity index (χ0n) is 22.8. The molecule has 1 N–H and O–H groups in total. The maximum atomic E-state index is 15.1. The van der Waals surface area contributed by atoms with Crippen molar-refractivity contribution in [2.75, 3.05) is 18.1 Å². The number of fused-ring (bicyclic) bond motifs is 1. The Labute approximate surface area is 211 Å². The van der Waals surface area contributed by atoms with Crippen LogP contribution in [0.1, 0.15) is 81.1 Å². The molecule has 0 spiro atoms. The van der Waals surface area contributed by atoms with E-state index in [9.17, 15) is 8.78 Å². The van der Waals surface area contributed by atoms with Crippen LogP contribution in [0.2, 0.25) is 16.6 Å². The van der Waals surface area contributed by atoms with Gasteiger partial charge >= 0.3 is 6.11 Å². The summed E-state index contributed by atoms with van der Waals surface area (Å²) in [7, 11) is -2.50. The molecule has 1 saturated carbocycles. The highest BCUT2D eigenvalue weighted by atomic mass is 28.4. The lowest BCUT2D eigenvalue weighted by Gasteiger charge is -2.52. The molecule has 2 aliphatic rings. The van der Waals surface area contributed by atoms with Crippen LogP contribution in [0.15, 0.2) is 18.2 Å². The Hall–Kier alpha value is -1.25. The highest BCUT2D eigenvalue weighted by Crippen LogP contribution is 2.43. The van der Waals surface area contributed by atoms with Gasteiger partial charge in [-0.3, -0.25) is 0 Å². The van der Waals surface area contributed by atoms with Gasteiger partial charge in [0.2, 0.25) is 8.32 Å². The van der Waals surface area contributed by atoms with Gasteiger partial charge in [0.1, 0.15) is 6.61 Å². The molecule has 2 unspecified atom stereocenters. The second kappa shape index (κ2) is 10.6. The molecule has 1 aliphatic heterocycles. The third-order valence-corrected chi connectivity index (χ3v) is 14.0. The van der Waals surface area contributed by atoms with E-state index in [-0.39, 0.29) is 28.2 Å². The molecule has 1 heterocycles. The predicted molar refractivity (Wildman–Crippen MR) is 140 cm³/mol. The molecule has 8 heteroatoms.